The Kier molecular flexibility index (Phi) is 5.45. The van der Waals surface area contributed by atoms with E-state index in [-0.39, 0.29) is 6.61 Å². The second-order valence-electron chi connectivity index (χ2n) is 4.56. The summed E-state index contributed by atoms with van der Waals surface area (Å²) < 4.78 is 5.30. The third-order valence-corrected chi connectivity index (χ3v) is 2.99. The van der Waals surface area contributed by atoms with Gasteiger partial charge in [0.15, 0.2) is 0 Å². The maximum Gasteiger partial charge on any atom is 0.122 e. The number of aliphatic hydroxyl groups excluding tert-OH is 1. The molecule has 0 unspecified atom stereocenters. The van der Waals surface area contributed by atoms with Gasteiger partial charge in [-0.3, -0.25) is 0 Å². The number of methoxy groups -OCH3 is 1. The van der Waals surface area contributed by atoms with Crippen molar-refractivity contribution < 1.29 is 9.84 Å². The van der Waals surface area contributed by atoms with Crippen LogP contribution in [0.1, 0.15) is 23.1 Å². The number of nitrogens with zero attached hydrogens (tertiary/aromatic N) is 1. The summed E-state index contributed by atoms with van der Waals surface area (Å²) in [6, 6.07) is 4.27. The summed E-state index contributed by atoms with van der Waals surface area (Å²) in [7, 11) is 3.78. The number of aryl methyl sites for hydroxylation is 2. The highest BCUT2D eigenvalue weighted by atomic mass is 16.5. The summed E-state index contributed by atoms with van der Waals surface area (Å²) in [6.07, 6.45) is 0.824. The Morgan fingerprint density at radius 3 is 2.53 bits per heavy atom. The molecule has 0 amide bonds. The fourth-order valence-corrected chi connectivity index (χ4v) is 1.95. The van der Waals surface area contributed by atoms with Crippen LogP contribution in [0.15, 0.2) is 12.1 Å². The molecule has 0 aromatic heterocycles. The Balaban J connectivity index is 2.74. The molecule has 0 heterocycles. The van der Waals surface area contributed by atoms with Crippen molar-refractivity contribution in [3.8, 4) is 5.75 Å². The van der Waals surface area contributed by atoms with Gasteiger partial charge in [0.2, 0.25) is 0 Å². The van der Waals surface area contributed by atoms with Crippen LogP contribution in [-0.2, 0) is 6.54 Å². The van der Waals surface area contributed by atoms with Crippen LogP contribution in [0, 0.1) is 13.8 Å². The summed E-state index contributed by atoms with van der Waals surface area (Å²) in [5.74, 6) is 0.948. The van der Waals surface area contributed by atoms with Crippen LogP contribution in [0.4, 0.5) is 0 Å². The highest BCUT2D eigenvalue weighted by Gasteiger charge is 2.07. The minimum Gasteiger partial charge on any atom is -0.496 e. The second kappa shape index (κ2) is 6.62. The van der Waals surface area contributed by atoms with Crippen molar-refractivity contribution in [2.24, 2.45) is 0 Å². The third kappa shape index (κ3) is 4.02. The van der Waals surface area contributed by atoms with Gasteiger partial charge >= 0.3 is 0 Å². The van der Waals surface area contributed by atoms with Crippen molar-refractivity contribution in [3.63, 3.8) is 0 Å². The Bertz CT molecular complexity index is 363. The van der Waals surface area contributed by atoms with E-state index in [1.165, 1.54) is 16.7 Å². The predicted molar refractivity (Wildman–Crippen MR) is 70.5 cm³/mol. The first-order chi connectivity index (χ1) is 8.08. The normalized spacial score (nSPS) is 10.9. The highest BCUT2D eigenvalue weighted by Crippen LogP contribution is 2.23. The van der Waals surface area contributed by atoms with E-state index < -0.39 is 0 Å². The lowest BCUT2D eigenvalue weighted by Gasteiger charge is -2.18. The van der Waals surface area contributed by atoms with Gasteiger partial charge in [-0.05, 0) is 50.1 Å². The van der Waals surface area contributed by atoms with Gasteiger partial charge in [0.1, 0.15) is 5.75 Å². The average molecular weight is 237 g/mol. The summed E-state index contributed by atoms with van der Waals surface area (Å²) in [4.78, 5) is 2.23. The maximum absolute atomic E-state index is 8.81. The molecule has 1 aromatic rings. The molecule has 3 nitrogen and oxygen atoms in total. The number of benzene rings is 1. The van der Waals surface area contributed by atoms with Crippen LogP contribution in [-0.4, -0.2) is 37.3 Å². The molecule has 1 N–H and O–H groups in total. The fraction of sp³-hybridized carbons (Fsp3) is 0.571. The Morgan fingerprint density at radius 1 is 1.24 bits per heavy atom. The molecular weight excluding hydrogens is 214 g/mol. The van der Waals surface area contributed by atoms with Crippen LogP contribution in [0.5, 0.6) is 5.75 Å². The fourth-order valence-electron chi connectivity index (χ4n) is 1.95. The van der Waals surface area contributed by atoms with Gasteiger partial charge < -0.3 is 14.7 Å². The molecule has 3 heteroatoms. The van der Waals surface area contributed by atoms with Gasteiger partial charge in [0.25, 0.3) is 0 Å². The minimum atomic E-state index is 0.255. The monoisotopic (exact) mass is 237 g/mol. The van der Waals surface area contributed by atoms with Crippen LogP contribution in [0.25, 0.3) is 0 Å². The molecule has 0 aliphatic rings. The average Bonchev–Trinajstić information content (AvgIpc) is 2.30. The molecule has 0 fully saturated rings. The van der Waals surface area contributed by atoms with Crippen molar-refractivity contribution in [2.45, 2.75) is 26.8 Å². The lowest BCUT2D eigenvalue weighted by molar-refractivity contribution is 0.244. The highest BCUT2D eigenvalue weighted by molar-refractivity contribution is 5.41. The Hall–Kier alpha value is -1.06. The Labute approximate surface area is 104 Å². The summed E-state index contributed by atoms with van der Waals surface area (Å²) in [6.45, 7) is 6.26. The third-order valence-electron chi connectivity index (χ3n) is 2.99. The van der Waals surface area contributed by atoms with E-state index in [1.807, 2.05) is 0 Å². The topological polar surface area (TPSA) is 32.7 Å². The van der Waals surface area contributed by atoms with Crippen LogP contribution in [0.2, 0.25) is 0 Å². The van der Waals surface area contributed by atoms with Gasteiger partial charge in [-0.2, -0.15) is 0 Å². The summed E-state index contributed by atoms with van der Waals surface area (Å²) in [5, 5.41) is 8.81. The minimum absolute atomic E-state index is 0.255. The second-order valence-corrected chi connectivity index (χ2v) is 4.56. The van der Waals surface area contributed by atoms with Crippen molar-refractivity contribution in [1.29, 1.82) is 0 Å². The summed E-state index contributed by atoms with van der Waals surface area (Å²) >= 11 is 0. The molecule has 0 saturated carbocycles. The number of rotatable bonds is 6. The number of hydrogen-bond donors (Lipinski definition) is 1. The predicted octanol–water partition coefficient (Wildman–Crippen LogP) is 2.13. The van der Waals surface area contributed by atoms with E-state index in [0.29, 0.717) is 0 Å². The van der Waals surface area contributed by atoms with Crippen LogP contribution < -0.4 is 4.74 Å². The van der Waals surface area contributed by atoms with E-state index in [0.717, 1.165) is 25.3 Å². The van der Waals surface area contributed by atoms with Crippen LogP contribution in [0.3, 0.4) is 0 Å². The van der Waals surface area contributed by atoms with E-state index in [1.54, 1.807) is 7.11 Å². The number of ether oxygens (including phenoxy) is 1. The molecule has 0 aliphatic carbocycles. The zero-order chi connectivity index (χ0) is 12.8. The largest absolute Gasteiger partial charge is 0.496 e. The Morgan fingerprint density at radius 2 is 1.94 bits per heavy atom. The first kappa shape index (κ1) is 14.0. The first-order valence-electron chi connectivity index (χ1n) is 6.02. The van der Waals surface area contributed by atoms with Crippen molar-refractivity contribution >= 4 is 0 Å². The zero-order valence-electron chi connectivity index (χ0n) is 11.3. The number of hydrogen-bond acceptors (Lipinski definition) is 3. The molecule has 0 spiro atoms. The molecular formula is C14H23NO2. The van der Waals surface area contributed by atoms with E-state index >= 15 is 0 Å². The molecule has 0 atom stereocenters. The first-order valence-corrected chi connectivity index (χ1v) is 6.02. The zero-order valence-corrected chi connectivity index (χ0v) is 11.3. The summed E-state index contributed by atoms with van der Waals surface area (Å²) in [5.41, 5.74) is 3.75. The van der Waals surface area contributed by atoms with E-state index in [2.05, 4.69) is 37.9 Å². The molecule has 0 bridgehead atoms. The quantitative estimate of drug-likeness (QED) is 0.822. The molecule has 0 saturated heterocycles. The van der Waals surface area contributed by atoms with Crippen molar-refractivity contribution in [1.82, 2.24) is 4.90 Å². The lowest BCUT2D eigenvalue weighted by atomic mass is 10.0. The van der Waals surface area contributed by atoms with Gasteiger partial charge in [0.05, 0.1) is 7.11 Å². The maximum atomic E-state index is 8.81. The molecule has 1 rings (SSSR count). The van der Waals surface area contributed by atoms with Crippen molar-refractivity contribution in [2.75, 3.05) is 27.3 Å². The smallest absolute Gasteiger partial charge is 0.122 e. The molecule has 17 heavy (non-hydrogen) atoms. The van der Waals surface area contributed by atoms with Crippen molar-refractivity contribution in [3.05, 3.63) is 28.8 Å². The van der Waals surface area contributed by atoms with Gasteiger partial charge in [-0.25, -0.2) is 0 Å². The molecule has 1 aromatic carbocycles. The van der Waals surface area contributed by atoms with E-state index in [4.69, 9.17) is 9.84 Å². The SMILES string of the molecule is COc1cc(C)c(CN(C)CCCO)cc1C. The van der Waals surface area contributed by atoms with Crippen LogP contribution >= 0.6 is 0 Å². The molecule has 0 radical (unpaired) electrons. The van der Waals surface area contributed by atoms with Gasteiger partial charge in [-0.1, -0.05) is 6.07 Å². The molecule has 0 aliphatic heterocycles. The molecule has 96 valence electrons. The lowest BCUT2D eigenvalue weighted by Crippen LogP contribution is -2.20. The van der Waals surface area contributed by atoms with Gasteiger partial charge in [-0.15, -0.1) is 0 Å². The van der Waals surface area contributed by atoms with Gasteiger partial charge in [0, 0.05) is 19.7 Å². The standard InChI is InChI=1S/C14H23NO2/c1-11-9-14(17-4)12(2)8-13(11)10-15(3)6-5-7-16/h8-9,16H,5-7,10H2,1-4H3. The van der Waals surface area contributed by atoms with E-state index in [9.17, 15) is 0 Å². The number of aliphatic hydroxyl groups is 1.